The minimum atomic E-state index is -0.524. The summed E-state index contributed by atoms with van der Waals surface area (Å²) in [4.78, 5) is 0. The van der Waals surface area contributed by atoms with Crippen LogP contribution < -0.4 is 5.32 Å². The summed E-state index contributed by atoms with van der Waals surface area (Å²) in [7, 11) is 1.68. The van der Waals surface area contributed by atoms with Gasteiger partial charge in [0, 0.05) is 10.0 Å². The lowest BCUT2D eigenvalue weighted by Gasteiger charge is -2.19. The molecule has 0 aliphatic rings. The van der Waals surface area contributed by atoms with E-state index in [-0.39, 0.29) is 5.02 Å². The van der Waals surface area contributed by atoms with Crippen LogP contribution in [0.15, 0.2) is 39.3 Å². The van der Waals surface area contributed by atoms with Gasteiger partial charge in [-0.2, -0.15) is 0 Å². The van der Waals surface area contributed by atoms with Gasteiger partial charge in [-0.05, 0) is 62.7 Å². The Hall–Kier alpha value is -0.490. The maximum Gasteiger partial charge on any atom is 0.148 e. The molecule has 0 heterocycles. The summed E-state index contributed by atoms with van der Waals surface area (Å²) in [6, 6.07) is 7.48. The highest BCUT2D eigenvalue weighted by Gasteiger charge is 2.20. The van der Waals surface area contributed by atoms with E-state index in [0.717, 1.165) is 0 Å². The van der Waals surface area contributed by atoms with Crippen LogP contribution in [-0.4, -0.2) is 7.05 Å². The lowest BCUT2D eigenvalue weighted by Crippen LogP contribution is -2.19. The van der Waals surface area contributed by atoms with Crippen molar-refractivity contribution in [3.8, 4) is 0 Å². The number of benzene rings is 2. The van der Waals surface area contributed by atoms with Crippen molar-refractivity contribution in [1.29, 1.82) is 0 Å². The molecule has 0 radical (unpaired) electrons. The number of rotatable bonds is 3. The molecule has 20 heavy (non-hydrogen) atoms. The van der Waals surface area contributed by atoms with Gasteiger partial charge >= 0.3 is 0 Å². The predicted molar refractivity (Wildman–Crippen MR) is 84.1 cm³/mol. The SMILES string of the molecule is CNC(c1ccc(Br)c(F)c1)c1ccc(Br)c(Cl)c1F. The van der Waals surface area contributed by atoms with E-state index in [0.29, 0.717) is 20.1 Å². The average molecular weight is 425 g/mol. The molecule has 0 spiro atoms. The Labute approximate surface area is 137 Å². The molecule has 2 aromatic rings. The summed E-state index contributed by atoms with van der Waals surface area (Å²) in [5.74, 6) is -0.921. The first-order chi connectivity index (χ1) is 9.45. The van der Waals surface area contributed by atoms with Crippen molar-refractivity contribution >= 4 is 43.5 Å². The van der Waals surface area contributed by atoms with Gasteiger partial charge in [0.25, 0.3) is 0 Å². The Morgan fingerprint density at radius 3 is 2.35 bits per heavy atom. The summed E-state index contributed by atoms with van der Waals surface area (Å²) in [6.45, 7) is 0. The molecule has 0 saturated carbocycles. The molecule has 1 N–H and O–H groups in total. The van der Waals surface area contributed by atoms with E-state index < -0.39 is 17.7 Å². The minimum absolute atomic E-state index is 0.0142. The highest BCUT2D eigenvalue weighted by Crippen LogP contribution is 2.33. The lowest BCUT2D eigenvalue weighted by molar-refractivity contribution is 0.570. The van der Waals surface area contributed by atoms with E-state index in [1.807, 2.05) is 0 Å². The quantitative estimate of drug-likeness (QED) is 0.645. The normalized spacial score (nSPS) is 12.5. The van der Waals surface area contributed by atoms with Crippen LogP contribution in [0, 0.1) is 11.6 Å². The predicted octanol–water partition coefficient (Wildman–Crippen LogP) is 5.45. The van der Waals surface area contributed by atoms with E-state index in [1.165, 1.54) is 6.07 Å². The monoisotopic (exact) mass is 423 g/mol. The second-order valence-corrected chi connectivity index (χ2v) is 6.25. The summed E-state index contributed by atoms with van der Waals surface area (Å²) >= 11 is 12.2. The zero-order valence-corrected chi connectivity index (χ0v) is 14.3. The fraction of sp³-hybridized carbons (Fsp3) is 0.143. The first kappa shape index (κ1) is 15.9. The van der Waals surface area contributed by atoms with Gasteiger partial charge in [-0.15, -0.1) is 0 Å². The maximum atomic E-state index is 14.3. The Morgan fingerprint density at radius 1 is 1.10 bits per heavy atom. The third-order valence-electron chi connectivity index (χ3n) is 2.94. The summed E-state index contributed by atoms with van der Waals surface area (Å²) in [5.41, 5.74) is 0.980. The standard InChI is InChI=1S/C14H10Br2ClF2N/c1-20-14(7-2-4-9(15)11(18)6-7)8-3-5-10(16)12(17)13(8)19/h2-6,14,20H,1H3. The fourth-order valence-electron chi connectivity index (χ4n) is 1.96. The highest BCUT2D eigenvalue weighted by atomic mass is 79.9. The Bertz CT molecular complexity index is 649. The van der Waals surface area contributed by atoms with Gasteiger partial charge in [0.15, 0.2) is 0 Å². The molecule has 0 aliphatic carbocycles. The lowest BCUT2D eigenvalue weighted by atomic mass is 9.98. The van der Waals surface area contributed by atoms with E-state index in [4.69, 9.17) is 11.6 Å². The van der Waals surface area contributed by atoms with Crippen molar-refractivity contribution in [2.45, 2.75) is 6.04 Å². The van der Waals surface area contributed by atoms with Gasteiger partial charge < -0.3 is 5.32 Å². The smallest absolute Gasteiger partial charge is 0.148 e. The van der Waals surface area contributed by atoms with Crippen molar-refractivity contribution in [2.75, 3.05) is 7.05 Å². The number of hydrogen-bond donors (Lipinski definition) is 1. The fourth-order valence-corrected chi connectivity index (χ4v) is 2.68. The Kier molecular flexibility index (Phi) is 5.18. The van der Waals surface area contributed by atoms with Crippen LogP contribution in [0.25, 0.3) is 0 Å². The molecule has 6 heteroatoms. The second-order valence-electron chi connectivity index (χ2n) is 4.16. The van der Waals surface area contributed by atoms with E-state index in [9.17, 15) is 8.78 Å². The van der Waals surface area contributed by atoms with Crippen LogP contribution in [0.3, 0.4) is 0 Å². The minimum Gasteiger partial charge on any atom is -0.309 e. The molecule has 1 atom stereocenters. The molecule has 0 amide bonds. The van der Waals surface area contributed by atoms with Crippen LogP contribution in [0.1, 0.15) is 17.2 Å². The summed E-state index contributed by atoms with van der Waals surface area (Å²) < 4.78 is 28.7. The molecular formula is C14H10Br2ClF2N. The van der Waals surface area contributed by atoms with Crippen LogP contribution in [0.4, 0.5) is 8.78 Å². The first-order valence-corrected chi connectivity index (χ1v) is 7.67. The number of halogens is 5. The average Bonchev–Trinajstić information content (AvgIpc) is 2.43. The maximum absolute atomic E-state index is 14.3. The molecule has 0 aliphatic heterocycles. The van der Waals surface area contributed by atoms with Crippen LogP contribution in [0.5, 0.6) is 0 Å². The van der Waals surface area contributed by atoms with Crippen LogP contribution >= 0.6 is 43.5 Å². The number of nitrogens with one attached hydrogen (secondary N) is 1. The van der Waals surface area contributed by atoms with Gasteiger partial charge in [0.05, 0.1) is 15.5 Å². The summed E-state index contributed by atoms with van der Waals surface area (Å²) in [5, 5.41) is 2.99. The van der Waals surface area contributed by atoms with Crippen LogP contribution in [0.2, 0.25) is 5.02 Å². The third kappa shape index (κ3) is 3.06. The first-order valence-electron chi connectivity index (χ1n) is 5.71. The van der Waals surface area contributed by atoms with Gasteiger partial charge in [-0.25, -0.2) is 8.78 Å². The van der Waals surface area contributed by atoms with E-state index in [2.05, 4.69) is 37.2 Å². The zero-order valence-electron chi connectivity index (χ0n) is 10.4. The van der Waals surface area contributed by atoms with Gasteiger partial charge in [0.1, 0.15) is 11.6 Å². The molecule has 0 bridgehead atoms. The number of hydrogen-bond acceptors (Lipinski definition) is 1. The molecule has 2 rings (SSSR count). The molecule has 1 nitrogen and oxygen atoms in total. The van der Waals surface area contributed by atoms with E-state index >= 15 is 0 Å². The Morgan fingerprint density at radius 2 is 1.75 bits per heavy atom. The molecule has 2 aromatic carbocycles. The molecule has 1 unspecified atom stereocenters. The van der Waals surface area contributed by atoms with Crippen molar-refractivity contribution in [3.05, 3.63) is 67.1 Å². The largest absolute Gasteiger partial charge is 0.309 e. The van der Waals surface area contributed by atoms with Crippen molar-refractivity contribution in [2.24, 2.45) is 0 Å². The van der Waals surface area contributed by atoms with Gasteiger partial charge in [-0.1, -0.05) is 23.7 Å². The molecular weight excluding hydrogens is 415 g/mol. The summed E-state index contributed by atoms with van der Waals surface area (Å²) in [6.07, 6.45) is 0. The molecule has 0 fully saturated rings. The van der Waals surface area contributed by atoms with Crippen molar-refractivity contribution < 1.29 is 8.78 Å². The molecule has 0 saturated heterocycles. The van der Waals surface area contributed by atoms with Gasteiger partial charge in [0.2, 0.25) is 0 Å². The molecule has 106 valence electrons. The second kappa shape index (κ2) is 6.52. The van der Waals surface area contributed by atoms with Crippen LogP contribution in [-0.2, 0) is 0 Å². The third-order valence-corrected chi connectivity index (χ3v) is 4.84. The Balaban J connectivity index is 2.52. The highest BCUT2D eigenvalue weighted by molar-refractivity contribution is 9.10. The topological polar surface area (TPSA) is 12.0 Å². The van der Waals surface area contributed by atoms with Crippen molar-refractivity contribution in [3.63, 3.8) is 0 Å². The zero-order chi connectivity index (χ0) is 14.9. The molecule has 0 aromatic heterocycles. The van der Waals surface area contributed by atoms with E-state index in [1.54, 1.807) is 31.3 Å². The van der Waals surface area contributed by atoms with Gasteiger partial charge in [-0.3, -0.25) is 0 Å². The van der Waals surface area contributed by atoms with Crippen molar-refractivity contribution in [1.82, 2.24) is 5.32 Å².